The topological polar surface area (TPSA) is 12.9 Å². The van der Waals surface area contributed by atoms with Crippen LogP contribution in [0.2, 0.25) is 0 Å². The van der Waals surface area contributed by atoms with Gasteiger partial charge in [0, 0.05) is 10.9 Å². The molecule has 0 unspecified atom stereocenters. The molecule has 7 rings (SSSR count). The maximum absolute atomic E-state index is 4.91. The van der Waals surface area contributed by atoms with Crippen LogP contribution in [0.1, 0.15) is 0 Å². The lowest BCUT2D eigenvalue weighted by Gasteiger charge is -2.12. The molecular formula is C33H21N. The maximum atomic E-state index is 4.91. The number of benzene rings is 6. The molecule has 158 valence electrons. The van der Waals surface area contributed by atoms with Gasteiger partial charge in [-0.25, -0.2) is 4.98 Å². The Hall–Kier alpha value is -4.49. The fraction of sp³-hybridized carbons (Fsp3) is 0. The molecule has 34 heavy (non-hydrogen) atoms. The first-order valence-electron chi connectivity index (χ1n) is 11.6. The van der Waals surface area contributed by atoms with E-state index in [-0.39, 0.29) is 0 Å². The molecule has 6 aromatic carbocycles. The maximum Gasteiger partial charge on any atom is 0.0709 e. The van der Waals surface area contributed by atoms with Gasteiger partial charge in [-0.2, -0.15) is 0 Å². The monoisotopic (exact) mass is 431 g/mol. The molecule has 0 aliphatic rings. The Kier molecular flexibility index (Phi) is 4.22. The van der Waals surface area contributed by atoms with Crippen molar-refractivity contribution in [2.24, 2.45) is 0 Å². The highest BCUT2D eigenvalue weighted by Gasteiger charge is 2.10. The van der Waals surface area contributed by atoms with Crippen molar-refractivity contribution >= 4 is 43.2 Å². The van der Waals surface area contributed by atoms with E-state index >= 15 is 0 Å². The number of para-hydroxylation sites is 1. The van der Waals surface area contributed by atoms with Crippen molar-refractivity contribution < 1.29 is 0 Å². The highest BCUT2D eigenvalue weighted by Crippen LogP contribution is 2.37. The number of nitrogens with zero attached hydrogens (tertiary/aromatic N) is 1. The summed E-state index contributed by atoms with van der Waals surface area (Å²) in [5.41, 5.74) is 5.57. The smallest absolute Gasteiger partial charge is 0.0709 e. The molecular weight excluding hydrogens is 410 g/mol. The molecule has 1 heteroatoms. The largest absolute Gasteiger partial charge is 0.248 e. The molecule has 7 aromatic rings. The summed E-state index contributed by atoms with van der Waals surface area (Å²) < 4.78 is 0. The van der Waals surface area contributed by atoms with Gasteiger partial charge in [0.05, 0.1) is 11.2 Å². The molecule has 0 saturated carbocycles. The van der Waals surface area contributed by atoms with E-state index in [4.69, 9.17) is 4.98 Å². The van der Waals surface area contributed by atoms with Crippen molar-refractivity contribution in [2.45, 2.75) is 0 Å². The molecule has 0 radical (unpaired) electrons. The van der Waals surface area contributed by atoms with Gasteiger partial charge in [0.1, 0.15) is 0 Å². The van der Waals surface area contributed by atoms with Crippen LogP contribution in [-0.2, 0) is 0 Å². The first-order chi connectivity index (χ1) is 16.8. The van der Waals surface area contributed by atoms with Crippen molar-refractivity contribution in [3.63, 3.8) is 0 Å². The Labute approximate surface area is 197 Å². The number of hydrogen-bond donors (Lipinski definition) is 0. The number of pyridine rings is 1. The van der Waals surface area contributed by atoms with E-state index in [0.29, 0.717) is 0 Å². The van der Waals surface area contributed by atoms with Crippen molar-refractivity contribution in [3.05, 3.63) is 127 Å². The van der Waals surface area contributed by atoms with Crippen LogP contribution >= 0.6 is 0 Å². The summed E-state index contributed by atoms with van der Waals surface area (Å²) >= 11 is 0. The zero-order valence-corrected chi connectivity index (χ0v) is 18.6. The van der Waals surface area contributed by atoms with Gasteiger partial charge in [0.15, 0.2) is 0 Å². The van der Waals surface area contributed by atoms with E-state index in [1.807, 2.05) is 6.07 Å². The van der Waals surface area contributed by atoms with Crippen LogP contribution in [0, 0.1) is 0 Å². The van der Waals surface area contributed by atoms with Gasteiger partial charge in [-0.1, -0.05) is 103 Å². The number of hydrogen-bond acceptors (Lipinski definition) is 1. The van der Waals surface area contributed by atoms with Crippen LogP contribution < -0.4 is 0 Å². The first-order valence-corrected chi connectivity index (χ1v) is 11.6. The Morgan fingerprint density at radius 2 is 0.941 bits per heavy atom. The Balaban J connectivity index is 1.42. The second kappa shape index (κ2) is 7.54. The molecule has 0 aliphatic heterocycles. The molecule has 0 spiro atoms. The molecule has 0 amide bonds. The summed E-state index contributed by atoms with van der Waals surface area (Å²) in [7, 11) is 0. The minimum Gasteiger partial charge on any atom is -0.248 e. The van der Waals surface area contributed by atoms with Crippen LogP contribution in [0.5, 0.6) is 0 Å². The van der Waals surface area contributed by atoms with Gasteiger partial charge in [-0.15, -0.1) is 0 Å². The lowest BCUT2D eigenvalue weighted by molar-refractivity contribution is 1.40. The molecule has 0 saturated heterocycles. The first kappa shape index (κ1) is 19.0. The molecule has 1 aromatic heterocycles. The molecule has 0 bridgehead atoms. The third kappa shape index (κ3) is 2.98. The summed E-state index contributed by atoms with van der Waals surface area (Å²) in [6.45, 7) is 0. The third-order valence-electron chi connectivity index (χ3n) is 6.83. The van der Waals surface area contributed by atoms with Gasteiger partial charge in [0.25, 0.3) is 0 Å². The second-order valence-electron chi connectivity index (χ2n) is 8.82. The van der Waals surface area contributed by atoms with E-state index in [9.17, 15) is 0 Å². The zero-order valence-electron chi connectivity index (χ0n) is 18.6. The normalized spacial score (nSPS) is 11.5. The molecule has 0 aliphatic carbocycles. The SMILES string of the molecule is c1cc(-c2ccc3c4ccccc4c4ccccc4c3c2)cc(-c2ccc3ccccc3n2)c1. The summed E-state index contributed by atoms with van der Waals surface area (Å²) in [5.74, 6) is 0. The molecule has 0 N–H and O–H groups in total. The predicted molar refractivity (Wildman–Crippen MR) is 145 cm³/mol. The Bertz CT molecular complexity index is 1830. The lowest BCUT2D eigenvalue weighted by Crippen LogP contribution is -1.87. The predicted octanol–water partition coefficient (Wildman–Crippen LogP) is 9.03. The van der Waals surface area contributed by atoms with Gasteiger partial charge < -0.3 is 0 Å². The minimum absolute atomic E-state index is 0.998. The zero-order chi connectivity index (χ0) is 22.5. The van der Waals surface area contributed by atoms with Crippen molar-refractivity contribution in [2.75, 3.05) is 0 Å². The standard InChI is InChI=1S/C33H21N/c1-6-15-32-22(8-1)17-19-33(34-32)25-10-7-9-23(20-25)24-16-18-30-28-13-3-2-11-26(28)27-12-4-5-14-29(27)31(30)21-24/h1-21H. The summed E-state index contributed by atoms with van der Waals surface area (Å²) in [4.78, 5) is 4.91. The highest BCUT2D eigenvalue weighted by atomic mass is 14.7. The van der Waals surface area contributed by atoms with Gasteiger partial charge in [-0.3, -0.25) is 0 Å². The quantitative estimate of drug-likeness (QED) is 0.249. The number of aromatic nitrogens is 1. The second-order valence-corrected chi connectivity index (χ2v) is 8.82. The third-order valence-corrected chi connectivity index (χ3v) is 6.83. The number of fused-ring (bicyclic) bond motifs is 7. The summed E-state index contributed by atoms with van der Waals surface area (Å²) in [5, 5.41) is 8.96. The Morgan fingerprint density at radius 1 is 0.353 bits per heavy atom. The van der Waals surface area contributed by atoms with Crippen molar-refractivity contribution in [1.82, 2.24) is 4.98 Å². The van der Waals surface area contributed by atoms with Crippen molar-refractivity contribution in [1.29, 1.82) is 0 Å². The average Bonchev–Trinajstić information content (AvgIpc) is 2.93. The highest BCUT2D eigenvalue weighted by molar-refractivity contribution is 6.25. The number of rotatable bonds is 2. The van der Waals surface area contributed by atoms with Crippen LogP contribution in [-0.4, -0.2) is 4.98 Å². The molecule has 1 heterocycles. The molecule has 1 nitrogen and oxygen atoms in total. The van der Waals surface area contributed by atoms with Gasteiger partial charge in [0.2, 0.25) is 0 Å². The fourth-order valence-electron chi connectivity index (χ4n) is 5.17. The summed E-state index contributed by atoms with van der Waals surface area (Å²) in [6.07, 6.45) is 0. The summed E-state index contributed by atoms with van der Waals surface area (Å²) in [6, 6.07) is 45.6. The van der Waals surface area contributed by atoms with Crippen LogP contribution in [0.15, 0.2) is 127 Å². The molecule has 0 atom stereocenters. The molecule has 0 fully saturated rings. The minimum atomic E-state index is 0.998. The van der Waals surface area contributed by atoms with Gasteiger partial charge in [-0.05, 0) is 67.7 Å². The Morgan fingerprint density at radius 3 is 1.71 bits per heavy atom. The van der Waals surface area contributed by atoms with E-state index in [1.54, 1.807) is 0 Å². The van der Waals surface area contributed by atoms with E-state index < -0.39 is 0 Å². The average molecular weight is 432 g/mol. The van der Waals surface area contributed by atoms with Crippen LogP contribution in [0.3, 0.4) is 0 Å². The lowest BCUT2D eigenvalue weighted by atomic mass is 9.91. The van der Waals surface area contributed by atoms with E-state index in [0.717, 1.165) is 22.2 Å². The van der Waals surface area contributed by atoms with Crippen molar-refractivity contribution in [3.8, 4) is 22.4 Å². The van der Waals surface area contributed by atoms with Crippen LogP contribution in [0.4, 0.5) is 0 Å². The van der Waals surface area contributed by atoms with E-state index in [1.165, 1.54) is 43.4 Å². The fourth-order valence-corrected chi connectivity index (χ4v) is 5.17. The van der Waals surface area contributed by atoms with Gasteiger partial charge >= 0.3 is 0 Å². The van der Waals surface area contributed by atoms with Crippen LogP contribution in [0.25, 0.3) is 65.6 Å². The van der Waals surface area contributed by atoms with E-state index in [2.05, 4.69) is 121 Å².